The van der Waals surface area contributed by atoms with E-state index in [1.807, 2.05) is 7.05 Å². The summed E-state index contributed by atoms with van der Waals surface area (Å²) in [4.78, 5) is 0. The van der Waals surface area contributed by atoms with Crippen molar-refractivity contribution in [3.63, 3.8) is 0 Å². The van der Waals surface area contributed by atoms with Crippen LogP contribution in [0.15, 0.2) is 0 Å². The topological polar surface area (TPSA) is 42.5 Å². The van der Waals surface area contributed by atoms with Gasteiger partial charge in [-0.15, -0.1) is 0 Å². The Bertz CT molecular complexity index is 90.1. The average molecular weight is 204 g/mol. The highest BCUT2D eigenvalue weighted by molar-refractivity contribution is 4.43. The lowest BCUT2D eigenvalue weighted by Crippen LogP contribution is -2.21. The zero-order valence-corrected chi connectivity index (χ0v) is 9.47. The lowest BCUT2D eigenvalue weighted by Gasteiger charge is -2.06. The van der Waals surface area contributed by atoms with Gasteiger partial charge in [0.25, 0.3) is 0 Å². The van der Waals surface area contributed by atoms with Crippen LogP contribution in [-0.2, 0) is 9.47 Å². The van der Waals surface area contributed by atoms with Crippen molar-refractivity contribution in [1.29, 1.82) is 0 Å². The minimum atomic E-state index is 0.690. The molecule has 0 heterocycles. The fourth-order valence-corrected chi connectivity index (χ4v) is 0.942. The zero-order valence-electron chi connectivity index (χ0n) is 9.47. The van der Waals surface area contributed by atoms with Crippen molar-refractivity contribution >= 4 is 0 Å². The molecule has 86 valence electrons. The Morgan fingerprint density at radius 2 is 1.50 bits per heavy atom. The molecule has 14 heavy (non-hydrogen) atoms. The zero-order chi connectivity index (χ0) is 10.5. The third kappa shape index (κ3) is 11.8. The molecule has 0 saturated heterocycles. The molecule has 0 atom stereocenters. The maximum atomic E-state index is 5.35. The summed E-state index contributed by atoms with van der Waals surface area (Å²) in [7, 11) is 1.92. The first-order valence-corrected chi connectivity index (χ1v) is 5.42. The third-order valence-corrected chi connectivity index (χ3v) is 1.72. The quantitative estimate of drug-likeness (QED) is 0.473. The summed E-state index contributed by atoms with van der Waals surface area (Å²) in [6.45, 7) is 7.98. The standard InChI is InChI=1S/C10H24N2O2/c1-3-4-12-6-8-14-10-9-13-7-5-11-2/h11-12H,3-10H2,1-2H3. The Morgan fingerprint density at radius 1 is 0.857 bits per heavy atom. The molecule has 0 rings (SSSR count). The summed E-state index contributed by atoms with van der Waals surface area (Å²) in [5.74, 6) is 0. The van der Waals surface area contributed by atoms with Crippen LogP contribution in [0.4, 0.5) is 0 Å². The van der Waals surface area contributed by atoms with Crippen LogP contribution < -0.4 is 10.6 Å². The van der Waals surface area contributed by atoms with Crippen molar-refractivity contribution in [2.75, 3.05) is 53.1 Å². The van der Waals surface area contributed by atoms with Crippen LogP contribution in [0.3, 0.4) is 0 Å². The van der Waals surface area contributed by atoms with Gasteiger partial charge in [-0.2, -0.15) is 0 Å². The van der Waals surface area contributed by atoms with Crippen molar-refractivity contribution in [3.05, 3.63) is 0 Å². The van der Waals surface area contributed by atoms with Crippen LogP contribution in [0.1, 0.15) is 13.3 Å². The van der Waals surface area contributed by atoms with Gasteiger partial charge in [0.05, 0.1) is 26.4 Å². The Morgan fingerprint density at radius 3 is 2.07 bits per heavy atom. The van der Waals surface area contributed by atoms with E-state index < -0.39 is 0 Å². The van der Waals surface area contributed by atoms with E-state index in [0.717, 1.165) is 32.8 Å². The molecule has 0 aromatic rings. The molecule has 2 N–H and O–H groups in total. The van der Waals surface area contributed by atoms with Gasteiger partial charge in [0.1, 0.15) is 0 Å². The van der Waals surface area contributed by atoms with Crippen molar-refractivity contribution in [2.45, 2.75) is 13.3 Å². The molecule has 4 heteroatoms. The smallest absolute Gasteiger partial charge is 0.0701 e. The Hall–Kier alpha value is -0.160. The van der Waals surface area contributed by atoms with E-state index in [1.165, 1.54) is 6.42 Å². The maximum Gasteiger partial charge on any atom is 0.0701 e. The summed E-state index contributed by atoms with van der Waals surface area (Å²) in [5.41, 5.74) is 0. The summed E-state index contributed by atoms with van der Waals surface area (Å²) in [6.07, 6.45) is 1.17. The molecule has 0 aliphatic heterocycles. The van der Waals surface area contributed by atoms with Crippen molar-refractivity contribution in [1.82, 2.24) is 10.6 Å². The van der Waals surface area contributed by atoms with Crippen LogP contribution in [0.2, 0.25) is 0 Å². The molecular formula is C10H24N2O2. The van der Waals surface area contributed by atoms with Gasteiger partial charge in [0.15, 0.2) is 0 Å². The molecule has 0 aromatic carbocycles. The van der Waals surface area contributed by atoms with Gasteiger partial charge < -0.3 is 20.1 Å². The number of ether oxygens (including phenoxy) is 2. The third-order valence-electron chi connectivity index (χ3n) is 1.72. The lowest BCUT2D eigenvalue weighted by atomic mass is 10.5. The highest BCUT2D eigenvalue weighted by Gasteiger charge is 1.89. The molecule has 0 radical (unpaired) electrons. The van der Waals surface area contributed by atoms with E-state index >= 15 is 0 Å². The van der Waals surface area contributed by atoms with Gasteiger partial charge in [-0.25, -0.2) is 0 Å². The van der Waals surface area contributed by atoms with E-state index in [1.54, 1.807) is 0 Å². The van der Waals surface area contributed by atoms with Crippen molar-refractivity contribution in [3.8, 4) is 0 Å². The van der Waals surface area contributed by atoms with E-state index in [4.69, 9.17) is 9.47 Å². The molecular weight excluding hydrogens is 180 g/mol. The van der Waals surface area contributed by atoms with Crippen LogP contribution in [-0.4, -0.2) is 53.1 Å². The summed E-state index contributed by atoms with van der Waals surface area (Å²) >= 11 is 0. The second kappa shape index (κ2) is 12.8. The monoisotopic (exact) mass is 204 g/mol. The molecule has 0 fully saturated rings. The molecule has 0 aliphatic carbocycles. The van der Waals surface area contributed by atoms with Crippen molar-refractivity contribution in [2.24, 2.45) is 0 Å². The van der Waals surface area contributed by atoms with E-state index in [0.29, 0.717) is 13.2 Å². The largest absolute Gasteiger partial charge is 0.378 e. The Labute approximate surface area is 87.4 Å². The number of likely N-dealkylation sites (N-methyl/N-ethyl adjacent to an activating group) is 1. The molecule has 0 spiro atoms. The average Bonchev–Trinajstić information content (AvgIpc) is 2.21. The van der Waals surface area contributed by atoms with Gasteiger partial charge in [-0.1, -0.05) is 6.92 Å². The number of nitrogens with one attached hydrogen (secondary N) is 2. The van der Waals surface area contributed by atoms with E-state index in [-0.39, 0.29) is 0 Å². The number of hydrogen-bond acceptors (Lipinski definition) is 4. The van der Waals surface area contributed by atoms with E-state index in [2.05, 4.69) is 17.6 Å². The highest BCUT2D eigenvalue weighted by atomic mass is 16.5. The minimum Gasteiger partial charge on any atom is -0.378 e. The van der Waals surface area contributed by atoms with E-state index in [9.17, 15) is 0 Å². The van der Waals surface area contributed by atoms with Gasteiger partial charge >= 0.3 is 0 Å². The molecule has 0 amide bonds. The van der Waals surface area contributed by atoms with Crippen molar-refractivity contribution < 1.29 is 9.47 Å². The van der Waals surface area contributed by atoms with Gasteiger partial charge in [0.2, 0.25) is 0 Å². The normalized spacial score (nSPS) is 10.7. The number of hydrogen-bond donors (Lipinski definition) is 2. The number of rotatable bonds is 11. The summed E-state index contributed by atoms with van der Waals surface area (Å²) < 4.78 is 10.6. The molecule has 0 saturated carbocycles. The molecule has 0 aromatic heterocycles. The second-order valence-electron chi connectivity index (χ2n) is 3.08. The summed E-state index contributed by atoms with van der Waals surface area (Å²) in [5, 5.41) is 6.29. The Balaban J connectivity index is 2.78. The van der Waals surface area contributed by atoms with Crippen LogP contribution >= 0.6 is 0 Å². The summed E-state index contributed by atoms with van der Waals surface area (Å²) in [6, 6.07) is 0. The first-order chi connectivity index (χ1) is 6.91. The molecule has 0 aliphatic rings. The predicted molar refractivity (Wildman–Crippen MR) is 58.7 cm³/mol. The second-order valence-corrected chi connectivity index (χ2v) is 3.08. The highest BCUT2D eigenvalue weighted by Crippen LogP contribution is 1.78. The SMILES string of the molecule is CCCNCCOCCOCCNC. The van der Waals surface area contributed by atoms with Crippen LogP contribution in [0.5, 0.6) is 0 Å². The van der Waals surface area contributed by atoms with Crippen LogP contribution in [0, 0.1) is 0 Å². The van der Waals surface area contributed by atoms with Gasteiger partial charge in [-0.05, 0) is 20.0 Å². The molecule has 4 nitrogen and oxygen atoms in total. The van der Waals surface area contributed by atoms with Crippen LogP contribution in [0.25, 0.3) is 0 Å². The molecule has 0 bridgehead atoms. The Kier molecular flexibility index (Phi) is 12.7. The first-order valence-electron chi connectivity index (χ1n) is 5.42. The predicted octanol–water partition coefficient (Wildman–Crippen LogP) is 0.239. The maximum absolute atomic E-state index is 5.35. The fraction of sp³-hybridized carbons (Fsp3) is 1.00. The van der Waals surface area contributed by atoms with Gasteiger partial charge in [-0.3, -0.25) is 0 Å². The minimum absolute atomic E-state index is 0.690. The first kappa shape index (κ1) is 13.8. The lowest BCUT2D eigenvalue weighted by molar-refractivity contribution is 0.0504. The van der Waals surface area contributed by atoms with Gasteiger partial charge in [0, 0.05) is 13.1 Å². The fourth-order valence-electron chi connectivity index (χ4n) is 0.942. The molecule has 0 unspecified atom stereocenters.